The Morgan fingerprint density at radius 1 is 1.60 bits per heavy atom. The van der Waals surface area contributed by atoms with Crippen molar-refractivity contribution in [2.45, 2.75) is 31.3 Å². The van der Waals surface area contributed by atoms with E-state index in [1.54, 1.807) is 12.4 Å². The Balaban J connectivity index is 1.86. The molecule has 80 valence electrons. The van der Waals surface area contributed by atoms with Crippen LogP contribution in [0.25, 0.3) is 0 Å². The fourth-order valence-electron chi connectivity index (χ4n) is 1.65. The van der Waals surface area contributed by atoms with Crippen molar-refractivity contribution in [2.24, 2.45) is 5.73 Å². The van der Waals surface area contributed by atoms with Crippen LogP contribution in [0.5, 0.6) is 0 Å². The first-order chi connectivity index (χ1) is 7.21. The zero-order valence-corrected chi connectivity index (χ0v) is 8.57. The van der Waals surface area contributed by atoms with Crippen LogP contribution in [-0.2, 0) is 11.3 Å². The molecule has 4 heteroatoms. The molecule has 0 spiro atoms. The van der Waals surface area contributed by atoms with Crippen molar-refractivity contribution in [3.8, 4) is 0 Å². The summed E-state index contributed by atoms with van der Waals surface area (Å²) in [6, 6.07) is 3.78. The minimum absolute atomic E-state index is 0.0439. The molecule has 1 aliphatic rings. The number of aromatic nitrogens is 1. The fraction of sp³-hybridized carbons (Fsp3) is 0.455. The zero-order valence-electron chi connectivity index (χ0n) is 8.57. The third-order valence-electron chi connectivity index (χ3n) is 2.87. The van der Waals surface area contributed by atoms with Gasteiger partial charge in [-0.05, 0) is 30.9 Å². The zero-order chi connectivity index (χ0) is 10.7. The number of amides is 1. The summed E-state index contributed by atoms with van der Waals surface area (Å²) in [6.07, 6.45) is 6.10. The number of carbonyl (C=O) groups is 1. The maximum absolute atomic E-state index is 11.7. The van der Waals surface area contributed by atoms with Gasteiger partial charge in [-0.1, -0.05) is 6.07 Å². The third kappa shape index (κ3) is 2.15. The van der Waals surface area contributed by atoms with Crippen molar-refractivity contribution in [3.63, 3.8) is 0 Å². The number of nitrogens with two attached hydrogens (primary N) is 1. The molecule has 0 saturated heterocycles. The second kappa shape index (κ2) is 3.98. The molecule has 0 unspecified atom stereocenters. The predicted octanol–water partition coefficient (Wildman–Crippen LogP) is 0.579. The highest BCUT2D eigenvalue weighted by atomic mass is 16.2. The maximum Gasteiger partial charge on any atom is 0.240 e. The third-order valence-corrected chi connectivity index (χ3v) is 2.87. The second-order valence-corrected chi connectivity index (χ2v) is 4.05. The highest BCUT2D eigenvalue weighted by Crippen LogP contribution is 2.29. The van der Waals surface area contributed by atoms with E-state index in [1.807, 2.05) is 12.1 Å². The standard InChI is InChI=1S/C11H15N3O/c12-11(4-2-5-11)10(15)14-8-9-3-1-6-13-7-9/h1,3,6-7H,2,4-5,8,12H2,(H,14,15). The van der Waals surface area contributed by atoms with Crippen LogP contribution in [0.15, 0.2) is 24.5 Å². The monoisotopic (exact) mass is 205 g/mol. The Bertz CT molecular complexity index is 346. The molecule has 0 atom stereocenters. The van der Waals surface area contributed by atoms with Gasteiger partial charge in [-0.3, -0.25) is 9.78 Å². The molecule has 1 aromatic heterocycles. The summed E-state index contributed by atoms with van der Waals surface area (Å²) in [5.41, 5.74) is 6.27. The lowest BCUT2D eigenvalue weighted by Gasteiger charge is -2.36. The van der Waals surface area contributed by atoms with Gasteiger partial charge in [0.2, 0.25) is 5.91 Å². The minimum atomic E-state index is -0.609. The van der Waals surface area contributed by atoms with Gasteiger partial charge in [0.1, 0.15) is 0 Å². The van der Waals surface area contributed by atoms with Crippen LogP contribution >= 0.6 is 0 Å². The van der Waals surface area contributed by atoms with Crippen molar-refractivity contribution in [1.82, 2.24) is 10.3 Å². The number of nitrogens with one attached hydrogen (secondary N) is 1. The summed E-state index contributed by atoms with van der Waals surface area (Å²) in [7, 11) is 0. The molecule has 1 heterocycles. The number of hydrogen-bond donors (Lipinski definition) is 2. The van der Waals surface area contributed by atoms with E-state index in [0.717, 1.165) is 24.8 Å². The quantitative estimate of drug-likeness (QED) is 0.758. The summed E-state index contributed by atoms with van der Waals surface area (Å²) in [5.74, 6) is -0.0439. The van der Waals surface area contributed by atoms with Crippen molar-refractivity contribution >= 4 is 5.91 Å². The fourth-order valence-corrected chi connectivity index (χ4v) is 1.65. The molecule has 1 saturated carbocycles. The van der Waals surface area contributed by atoms with Gasteiger partial charge in [-0.15, -0.1) is 0 Å². The second-order valence-electron chi connectivity index (χ2n) is 4.05. The van der Waals surface area contributed by atoms with E-state index >= 15 is 0 Å². The summed E-state index contributed by atoms with van der Waals surface area (Å²) < 4.78 is 0. The number of rotatable bonds is 3. The first kappa shape index (κ1) is 10.1. The van der Waals surface area contributed by atoms with Gasteiger partial charge in [0.25, 0.3) is 0 Å². The molecule has 4 nitrogen and oxygen atoms in total. The van der Waals surface area contributed by atoms with Crippen LogP contribution in [-0.4, -0.2) is 16.4 Å². The lowest BCUT2D eigenvalue weighted by molar-refractivity contribution is -0.129. The van der Waals surface area contributed by atoms with E-state index in [9.17, 15) is 4.79 Å². The van der Waals surface area contributed by atoms with E-state index in [0.29, 0.717) is 6.54 Å². The molecule has 2 rings (SSSR count). The largest absolute Gasteiger partial charge is 0.350 e. The molecule has 0 radical (unpaired) electrons. The van der Waals surface area contributed by atoms with Gasteiger partial charge in [0.05, 0.1) is 5.54 Å². The van der Waals surface area contributed by atoms with Crippen LogP contribution in [0, 0.1) is 0 Å². The Labute approximate surface area is 88.9 Å². The first-order valence-corrected chi connectivity index (χ1v) is 5.17. The SMILES string of the molecule is NC1(C(=O)NCc2cccnc2)CCC1. The van der Waals surface area contributed by atoms with Crippen molar-refractivity contribution in [1.29, 1.82) is 0 Å². The number of carbonyl (C=O) groups excluding carboxylic acids is 1. The molecule has 1 aliphatic carbocycles. The van der Waals surface area contributed by atoms with E-state index in [-0.39, 0.29) is 5.91 Å². The maximum atomic E-state index is 11.7. The van der Waals surface area contributed by atoms with E-state index in [2.05, 4.69) is 10.3 Å². The van der Waals surface area contributed by atoms with Crippen molar-refractivity contribution in [3.05, 3.63) is 30.1 Å². The summed E-state index contributed by atoms with van der Waals surface area (Å²) in [5, 5.41) is 2.84. The van der Waals surface area contributed by atoms with E-state index < -0.39 is 5.54 Å². The van der Waals surface area contributed by atoms with Crippen molar-refractivity contribution in [2.75, 3.05) is 0 Å². The number of hydrogen-bond acceptors (Lipinski definition) is 3. The highest BCUT2D eigenvalue weighted by Gasteiger charge is 2.39. The van der Waals surface area contributed by atoms with Crippen LogP contribution in [0.3, 0.4) is 0 Å². The summed E-state index contributed by atoms with van der Waals surface area (Å²) >= 11 is 0. The molecule has 1 amide bonds. The molecule has 3 N–H and O–H groups in total. The van der Waals surface area contributed by atoms with Crippen LogP contribution in [0.4, 0.5) is 0 Å². The Hall–Kier alpha value is -1.42. The van der Waals surface area contributed by atoms with Gasteiger partial charge in [0.15, 0.2) is 0 Å². The van der Waals surface area contributed by atoms with E-state index in [4.69, 9.17) is 5.73 Å². The number of nitrogens with zero attached hydrogens (tertiary/aromatic N) is 1. The smallest absolute Gasteiger partial charge is 0.240 e. The molecule has 1 fully saturated rings. The minimum Gasteiger partial charge on any atom is -0.350 e. The predicted molar refractivity (Wildman–Crippen MR) is 56.9 cm³/mol. The van der Waals surface area contributed by atoms with Crippen LogP contribution in [0.1, 0.15) is 24.8 Å². The molecule has 0 aliphatic heterocycles. The normalized spacial score (nSPS) is 17.9. The topological polar surface area (TPSA) is 68.0 Å². The molecular formula is C11H15N3O. The average molecular weight is 205 g/mol. The molecular weight excluding hydrogens is 190 g/mol. The van der Waals surface area contributed by atoms with Gasteiger partial charge >= 0.3 is 0 Å². The Kier molecular flexibility index (Phi) is 2.68. The number of pyridine rings is 1. The average Bonchev–Trinajstić information content (AvgIpc) is 2.24. The van der Waals surface area contributed by atoms with Gasteiger partial charge < -0.3 is 11.1 Å². The lowest BCUT2D eigenvalue weighted by Crippen LogP contribution is -2.58. The van der Waals surface area contributed by atoms with E-state index in [1.165, 1.54) is 0 Å². The Morgan fingerprint density at radius 2 is 2.40 bits per heavy atom. The lowest BCUT2D eigenvalue weighted by atomic mass is 9.77. The van der Waals surface area contributed by atoms with Crippen molar-refractivity contribution < 1.29 is 4.79 Å². The van der Waals surface area contributed by atoms with Crippen LogP contribution < -0.4 is 11.1 Å². The van der Waals surface area contributed by atoms with Crippen LogP contribution in [0.2, 0.25) is 0 Å². The Morgan fingerprint density at radius 3 is 2.93 bits per heavy atom. The van der Waals surface area contributed by atoms with Gasteiger partial charge in [-0.25, -0.2) is 0 Å². The first-order valence-electron chi connectivity index (χ1n) is 5.17. The molecule has 15 heavy (non-hydrogen) atoms. The molecule has 0 aromatic carbocycles. The molecule has 1 aromatic rings. The summed E-state index contributed by atoms with van der Waals surface area (Å²) in [4.78, 5) is 15.6. The highest BCUT2D eigenvalue weighted by molar-refractivity contribution is 5.86. The molecule has 0 bridgehead atoms. The summed E-state index contributed by atoms with van der Waals surface area (Å²) in [6.45, 7) is 0.506. The van der Waals surface area contributed by atoms with Gasteiger partial charge in [-0.2, -0.15) is 0 Å². The van der Waals surface area contributed by atoms with Gasteiger partial charge in [0, 0.05) is 18.9 Å².